The second-order valence-corrected chi connectivity index (χ2v) is 3.95. The Labute approximate surface area is 112 Å². The number of nitrogens with zero attached hydrogens (tertiary/aromatic N) is 2. The van der Waals surface area contributed by atoms with E-state index in [2.05, 4.69) is 9.97 Å². The summed E-state index contributed by atoms with van der Waals surface area (Å²) in [5.41, 5.74) is 0.816. The lowest BCUT2D eigenvalue weighted by molar-refractivity contribution is -0.144. The van der Waals surface area contributed by atoms with Gasteiger partial charge in [0.15, 0.2) is 0 Å². The molecule has 3 nitrogen and oxygen atoms in total. The van der Waals surface area contributed by atoms with Crippen LogP contribution < -0.4 is 4.74 Å². The van der Waals surface area contributed by atoms with Gasteiger partial charge in [-0.25, -0.2) is 9.97 Å². The van der Waals surface area contributed by atoms with Crippen LogP contribution in [-0.4, -0.2) is 17.1 Å². The smallest absolute Gasteiger partial charge is 0.451 e. The molecule has 0 atom stereocenters. The largest absolute Gasteiger partial charge is 0.496 e. The van der Waals surface area contributed by atoms with Gasteiger partial charge in [-0.3, -0.25) is 0 Å². The van der Waals surface area contributed by atoms with Crippen LogP contribution in [0.2, 0.25) is 5.15 Å². The Morgan fingerprint density at radius 1 is 1.16 bits per heavy atom. The molecule has 0 radical (unpaired) electrons. The molecule has 100 valence electrons. The molecule has 0 fully saturated rings. The second-order valence-electron chi connectivity index (χ2n) is 3.60. The van der Waals surface area contributed by atoms with Gasteiger partial charge in [0.1, 0.15) is 10.9 Å². The average Bonchev–Trinajstić information content (AvgIpc) is 2.37. The number of ether oxygens (including phenoxy) is 1. The van der Waals surface area contributed by atoms with Gasteiger partial charge in [-0.15, -0.1) is 0 Å². The molecule has 2 aromatic rings. The van der Waals surface area contributed by atoms with E-state index in [1.807, 2.05) is 0 Å². The number of rotatable bonds is 2. The standard InChI is InChI=1S/C12H8ClF3N2O/c1-19-9-5-3-2-4-7(9)8-6-17-11(12(14,15)16)18-10(8)13/h2-6H,1H3. The molecular weight excluding hydrogens is 281 g/mol. The lowest BCUT2D eigenvalue weighted by atomic mass is 10.1. The Hall–Kier alpha value is -1.82. The van der Waals surface area contributed by atoms with E-state index in [1.165, 1.54) is 7.11 Å². The van der Waals surface area contributed by atoms with Crippen molar-refractivity contribution in [1.29, 1.82) is 0 Å². The van der Waals surface area contributed by atoms with Crippen LogP contribution in [0.25, 0.3) is 11.1 Å². The lowest BCUT2D eigenvalue weighted by Crippen LogP contribution is -2.11. The van der Waals surface area contributed by atoms with Gasteiger partial charge >= 0.3 is 6.18 Å². The van der Waals surface area contributed by atoms with Crippen LogP contribution in [0.4, 0.5) is 13.2 Å². The number of benzene rings is 1. The van der Waals surface area contributed by atoms with E-state index in [0.717, 1.165) is 6.20 Å². The number of halogens is 4. The van der Waals surface area contributed by atoms with Crippen LogP contribution in [0.5, 0.6) is 5.75 Å². The molecule has 7 heteroatoms. The molecule has 0 aliphatic heterocycles. The van der Waals surface area contributed by atoms with E-state index < -0.39 is 12.0 Å². The van der Waals surface area contributed by atoms with E-state index in [9.17, 15) is 13.2 Å². The molecule has 1 heterocycles. The van der Waals surface area contributed by atoms with Gasteiger partial charge in [-0.2, -0.15) is 13.2 Å². The van der Waals surface area contributed by atoms with Crippen LogP contribution in [-0.2, 0) is 6.18 Å². The maximum Gasteiger partial charge on any atom is 0.451 e. The molecular formula is C12H8ClF3N2O. The SMILES string of the molecule is COc1ccccc1-c1cnc(C(F)(F)F)nc1Cl. The quantitative estimate of drug-likeness (QED) is 0.788. The highest BCUT2D eigenvalue weighted by Gasteiger charge is 2.35. The molecule has 0 amide bonds. The van der Waals surface area contributed by atoms with Gasteiger partial charge in [0.25, 0.3) is 0 Å². The lowest BCUT2D eigenvalue weighted by Gasteiger charge is -2.10. The number of alkyl halides is 3. The third-order valence-electron chi connectivity index (χ3n) is 2.39. The highest BCUT2D eigenvalue weighted by molar-refractivity contribution is 6.32. The normalized spacial score (nSPS) is 11.4. The zero-order chi connectivity index (χ0) is 14.0. The topological polar surface area (TPSA) is 35.0 Å². The number of hydrogen-bond acceptors (Lipinski definition) is 3. The Morgan fingerprint density at radius 2 is 1.84 bits per heavy atom. The van der Waals surface area contributed by atoms with Gasteiger partial charge in [0, 0.05) is 17.3 Å². The fourth-order valence-electron chi connectivity index (χ4n) is 1.55. The van der Waals surface area contributed by atoms with E-state index >= 15 is 0 Å². The summed E-state index contributed by atoms with van der Waals surface area (Å²) in [4.78, 5) is 6.56. The summed E-state index contributed by atoms with van der Waals surface area (Å²) in [6.07, 6.45) is -3.58. The molecule has 0 saturated heterocycles. The summed E-state index contributed by atoms with van der Waals surface area (Å²) in [6, 6.07) is 6.78. The minimum Gasteiger partial charge on any atom is -0.496 e. The second kappa shape index (κ2) is 5.05. The maximum absolute atomic E-state index is 12.4. The number of para-hydroxylation sites is 1. The predicted octanol–water partition coefficient (Wildman–Crippen LogP) is 3.82. The van der Waals surface area contributed by atoms with Crippen molar-refractivity contribution in [3.05, 3.63) is 41.4 Å². The van der Waals surface area contributed by atoms with Crippen LogP contribution in [0, 0.1) is 0 Å². The minimum atomic E-state index is -4.62. The van der Waals surface area contributed by atoms with E-state index in [4.69, 9.17) is 16.3 Å². The minimum absolute atomic E-state index is 0.271. The van der Waals surface area contributed by atoms with Crippen LogP contribution in [0.15, 0.2) is 30.5 Å². The fourth-order valence-corrected chi connectivity index (χ4v) is 1.78. The summed E-state index contributed by atoms with van der Waals surface area (Å²) in [5.74, 6) is -0.788. The zero-order valence-corrected chi connectivity index (χ0v) is 10.5. The van der Waals surface area contributed by atoms with E-state index in [0.29, 0.717) is 11.3 Å². The third-order valence-corrected chi connectivity index (χ3v) is 2.68. The van der Waals surface area contributed by atoms with Crippen molar-refractivity contribution < 1.29 is 17.9 Å². The first-order valence-electron chi connectivity index (χ1n) is 5.16. The highest BCUT2D eigenvalue weighted by Crippen LogP contribution is 2.35. The maximum atomic E-state index is 12.4. The monoisotopic (exact) mass is 288 g/mol. The summed E-state index contributed by atoms with van der Waals surface area (Å²) in [5, 5.41) is -0.271. The highest BCUT2D eigenvalue weighted by atomic mass is 35.5. The average molecular weight is 289 g/mol. The van der Waals surface area contributed by atoms with Gasteiger partial charge in [0.2, 0.25) is 5.82 Å². The third kappa shape index (κ3) is 2.78. The van der Waals surface area contributed by atoms with Gasteiger partial charge in [-0.05, 0) is 6.07 Å². The first kappa shape index (κ1) is 13.6. The molecule has 0 aliphatic carbocycles. The van der Waals surface area contributed by atoms with E-state index in [-0.39, 0.29) is 10.7 Å². The van der Waals surface area contributed by atoms with Crippen molar-refractivity contribution in [2.45, 2.75) is 6.18 Å². The number of hydrogen-bond donors (Lipinski definition) is 0. The summed E-state index contributed by atoms with van der Waals surface area (Å²) in [6.45, 7) is 0. The van der Waals surface area contributed by atoms with Crippen LogP contribution in [0.3, 0.4) is 0 Å². The molecule has 0 spiro atoms. The molecule has 0 N–H and O–H groups in total. The first-order chi connectivity index (χ1) is 8.93. The van der Waals surface area contributed by atoms with Crippen LogP contribution >= 0.6 is 11.6 Å². The van der Waals surface area contributed by atoms with Gasteiger partial charge < -0.3 is 4.74 Å². The fraction of sp³-hybridized carbons (Fsp3) is 0.167. The Balaban J connectivity index is 2.53. The van der Waals surface area contributed by atoms with E-state index in [1.54, 1.807) is 24.3 Å². The van der Waals surface area contributed by atoms with Crippen LogP contribution in [0.1, 0.15) is 5.82 Å². The zero-order valence-electron chi connectivity index (χ0n) is 9.70. The molecule has 1 aromatic carbocycles. The summed E-state index contributed by atoms with van der Waals surface area (Å²) in [7, 11) is 1.46. The summed E-state index contributed by atoms with van der Waals surface area (Å²) < 4.78 is 42.4. The molecule has 0 bridgehead atoms. The van der Waals surface area contributed by atoms with Crippen molar-refractivity contribution in [3.8, 4) is 16.9 Å². The first-order valence-corrected chi connectivity index (χ1v) is 5.54. The molecule has 1 aromatic heterocycles. The van der Waals surface area contributed by atoms with Crippen molar-refractivity contribution in [1.82, 2.24) is 9.97 Å². The predicted molar refractivity (Wildman–Crippen MR) is 64.0 cm³/mol. The van der Waals surface area contributed by atoms with Crippen molar-refractivity contribution in [2.75, 3.05) is 7.11 Å². The van der Waals surface area contributed by atoms with Gasteiger partial charge in [0.05, 0.1) is 7.11 Å². The van der Waals surface area contributed by atoms with Crippen molar-refractivity contribution in [3.63, 3.8) is 0 Å². The van der Waals surface area contributed by atoms with Crippen molar-refractivity contribution >= 4 is 11.6 Å². The molecule has 0 aliphatic rings. The molecule has 0 unspecified atom stereocenters. The Bertz CT molecular complexity index is 602. The summed E-state index contributed by atoms with van der Waals surface area (Å²) >= 11 is 5.79. The molecule has 2 rings (SSSR count). The Morgan fingerprint density at radius 3 is 2.42 bits per heavy atom. The van der Waals surface area contributed by atoms with Gasteiger partial charge in [-0.1, -0.05) is 29.8 Å². The number of aromatic nitrogens is 2. The molecule has 19 heavy (non-hydrogen) atoms. The molecule has 0 saturated carbocycles. The Kier molecular flexibility index (Phi) is 3.61. The number of methoxy groups -OCH3 is 1. The van der Waals surface area contributed by atoms with Crippen molar-refractivity contribution in [2.24, 2.45) is 0 Å².